The molecule has 2 N–H and O–H groups in total. The summed E-state index contributed by atoms with van der Waals surface area (Å²) in [5, 5.41) is 6.43. The van der Waals surface area contributed by atoms with Crippen molar-refractivity contribution in [2.45, 2.75) is 40.0 Å². The minimum absolute atomic E-state index is 0.215. The molecule has 1 saturated heterocycles. The second kappa shape index (κ2) is 6.89. The van der Waals surface area contributed by atoms with Crippen molar-refractivity contribution in [2.24, 2.45) is 17.8 Å². The van der Waals surface area contributed by atoms with E-state index in [9.17, 15) is 4.79 Å². The predicted octanol–water partition coefficient (Wildman–Crippen LogP) is 1.78. The summed E-state index contributed by atoms with van der Waals surface area (Å²) >= 11 is 0. The van der Waals surface area contributed by atoms with E-state index in [4.69, 9.17) is 0 Å². The van der Waals surface area contributed by atoms with Crippen molar-refractivity contribution in [3.63, 3.8) is 0 Å². The minimum Gasteiger partial charge on any atom is -0.356 e. The van der Waals surface area contributed by atoms with Gasteiger partial charge in [0.25, 0.3) is 0 Å². The number of nitrogens with one attached hydrogen (secondary N) is 2. The molecule has 3 heteroatoms. The number of carbonyl (C=O) groups excluding carboxylic acids is 1. The summed E-state index contributed by atoms with van der Waals surface area (Å²) in [4.78, 5) is 11.7. The van der Waals surface area contributed by atoms with Crippen LogP contribution < -0.4 is 10.6 Å². The maximum absolute atomic E-state index is 11.7. The number of hydrogen-bond donors (Lipinski definition) is 2. The van der Waals surface area contributed by atoms with E-state index < -0.39 is 0 Å². The zero-order chi connectivity index (χ0) is 12.0. The average molecular weight is 226 g/mol. The molecule has 0 spiro atoms. The molecule has 1 heterocycles. The molecule has 0 aromatic carbocycles. The van der Waals surface area contributed by atoms with E-state index >= 15 is 0 Å². The SMILES string of the molecule is CC(C)C(C)CC(=O)NCC1CCCNC1. The van der Waals surface area contributed by atoms with Gasteiger partial charge in [-0.05, 0) is 43.7 Å². The van der Waals surface area contributed by atoms with Crippen LogP contribution >= 0.6 is 0 Å². The van der Waals surface area contributed by atoms with E-state index in [1.54, 1.807) is 0 Å². The third kappa shape index (κ3) is 4.97. The number of amides is 1. The Morgan fingerprint density at radius 2 is 2.19 bits per heavy atom. The van der Waals surface area contributed by atoms with E-state index in [2.05, 4.69) is 31.4 Å². The zero-order valence-electron chi connectivity index (χ0n) is 10.9. The Morgan fingerprint density at radius 3 is 2.75 bits per heavy atom. The van der Waals surface area contributed by atoms with Gasteiger partial charge in [-0.3, -0.25) is 4.79 Å². The topological polar surface area (TPSA) is 41.1 Å². The molecule has 1 fully saturated rings. The zero-order valence-corrected chi connectivity index (χ0v) is 10.9. The van der Waals surface area contributed by atoms with Gasteiger partial charge in [0, 0.05) is 13.0 Å². The van der Waals surface area contributed by atoms with E-state index in [1.165, 1.54) is 12.8 Å². The number of hydrogen-bond acceptors (Lipinski definition) is 2. The molecule has 16 heavy (non-hydrogen) atoms. The van der Waals surface area contributed by atoms with E-state index in [-0.39, 0.29) is 5.91 Å². The van der Waals surface area contributed by atoms with Gasteiger partial charge in [-0.2, -0.15) is 0 Å². The van der Waals surface area contributed by atoms with Gasteiger partial charge in [0.05, 0.1) is 0 Å². The molecule has 94 valence electrons. The Kier molecular flexibility index (Phi) is 5.81. The van der Waals surface area contributed by atoms with E-state index in [0.717, 1.165) is 19.6 Å². The van der Waals surface area contributed by atoms with Crippen molar-refractivity contribution < 1.29 is 4.79 Å². The van der Waals surface area contributed by atoms with Gasteiger partial charge in [-0.1, -0.05) is 20.8 Å². The molecule has 2 atom stereocenters. The highest BCUT2D eigenvalue weighted by Crippen LogP contribution is 2.14. The van der Waals surface area contributed by atoms with Gasteiger partial charge in [0.15, 0.2) is 0 Å². The molecule has 1 amide bonds. The summed E-state index contributed by atoms with van der Waals surface area (Å²) in [6, 6.07) is 0. The molecule has 1 aliphatic heterocycles. The van der Waals surface area contributed by atoms with Crippen LogP contribution in [0.15, 0.2) is 0 Å². The average Bonchev–Trinajstić information content (AvgIpc) is 2.27. The van der Waals surface area contributed by atoms with Crippen molar-refractivity contribution in [1.82, 2.24) is 10.6 Å². The lowest BCUT2D eigenvalue weighted by atomic mass is 9.94. The van der Waals surface area contributed by atoms with Gasteiger partial charge in [-0.25, -0.2) is 0 Å². The molecule has 1 aliphatic rings. The molecule has 0 aromatic heterocycles. The van der Waals surface area contributed by atoms with Crippen molar-refractivity contribution in [1.29, 1.82) is 0 Å². The second-order valence-corrected chi connectivity index (χ2v) is 5.44. The standard InChI is InChI=1S/C13H26N2O/c1-10(2)11(3)7-13(16)15-9-12-5-4-6-14-8-12/h10-12,14H,4-9H2,1-3H3,(H,15,16). The molecule has 0 aromatic rings. The van der Waals surface area contributed by atoms with Crippen LogP contribution in [0.1, 0.15) is 40.0 Å². The summed E-state index contributed by atoms with van der Waals surface area (Å²) in [6.45, 7) is 9.52. The van der Waals surface area contributed by atoms with Gasteiger partial charge < -0.3 is 10.6 Å². The highest BCUT2D eigenvalue weighted by atomic mass is 16.1. The molecule has 0 radical (unpaired) electrons. The first kappa shape index (κ1) is 13.5. The lowest BCUT2D eigenvalue weighted by Gasteiger charge is -2.23. The number of rotatable bonds is 5. The van der Waals surface area contributed by atoms with Gasteiger partial charge >= 0.3 is 0 Å². The Bertz CT molecular complexity index is 210. The minimum atomic E-state index is 0.215. The maximum atomic E-state index is 11.7. The van der Waals surface area contributed by atoms with Crippen LogP contribution in [0.4, 0.5) is 0 Å². The van der Waals surface area contributed by atoms with Crippen LogP contribution in [-0.4, -0.2) is 25.5 Å². The van der Waals surface area contributed by atoms with Crippen molar-refractivity contribution in [3.05, 3.63) is 0 Å². The van der Waals surface area contributed by atoms with Gasteiger partial charge in [0.1, 0.15) is 0 Å². The summed E-state index contributed by atoms with van der Waals surface area (Å²) in [5.41, 5.74) is 0. The highest BCUT2D eigenvalue weighted by Gasteiger charge is 2.16. The van der Waals surface area contributed by atoms with Crippen LogP contribution in [0.2, 0.25) is 0 Å². The Labute approximate surface area is 99.4 Å². The van der Waals surface area contributed by atoms with E-state index in [1.807, 2.05) is 0 Å². The van der Waals surface area contributed by atoms with Crippen LogP contribution in [0.5, 0.6) is 0 Å². The fraction of sp³-hybridized carbons (Fsp3) is 0.923. The molecule has 3 nitrogen and oxygen atoms in total. The Hall–Kier alpha value is -0.570. The lowest BCUT2D eigenvalue weighted by Crippen LogP contribution is -2.38. The summed E-state index contributed by atoms with van der Waals surface area (Å²) < 4.78 is 0. The number of piperidine rings is 1. The third-order valence-corrected chi connectivity index (χ3v) is 3.63. The molecule has 0 aliphatic carbocycles. The van der Waals surface area contributed by atoms with Crippen LogP contribution in [0, 0.1) is 17.8 Å². The smallest absolute Gasteiger partial charge is 0.220 e. The first-order chi connectivity index (χ1) is 7.59. The summed E-state index contributed by atoms with van der Waals surface area (Å²) in [7, 11) is 0. The third-order valence-electron chi connectivity index (χ3n) is 3.63. The van der Waals surface area contributed by atoms with Crippen LogP contribution in [0.25, 0.3) is 0 Å². The second-order valence-electron chi connectivity index (χ2n) is 5.44. The summed E-state index contributed by atoms with van der Waals surface area (Å²) in [6.07, 6.45) is 3.15. The quantitative estimate of drug-likeness (QED) is 0.750. The summed E-state index contributed by atoms with van der Waals surface area (Å²) in [5.74, 6) is 1.91. The maximum Gasteiger partial charge on any atom is 0.220 e. The molecule has 0 bridgehead atoms. The Balaban J connectivity index is 2.14. The first-order valence-corrected chi connectivity index (χ1v) is 6.57. The van der Waals surface area contributed by atoms with Gasteiger partial charge in [-0.15, -0.1) is 0 Å². The van der Waals surface area contributed by atoms with E-state index in [0.29, 0.717) is 24.2 Å². The van der Waals surface area contributed by atoms with Crippen molar-refractivity contribution in [2.75, 3.05) is 19.6 Å². The Morgan fingerprint density at radius 1 is 1.44 bits per heavy atom. The van der Waals surface area contributed by atoms with Gasteiger partial charge in [0.2, 0.25) is 5.91 Å². The monoisotopic (exact) mass is 226 g/mol. The molecule has 2 unspecified atom stereocenters. The highest BCUT2D eigenvalue weighted by molar-refractivity contribution is 5.76. The molecule has 1 rings (SSSR count). The van der Waals surface area contributed by atoms with Crippen molar-refractivity contribution >= 4 is 5.91 Å². The molecular formula is C13H26N2O. The largest absolute Gasteiger partial charge is 0.356 e. The fourth-order valence-electron chi connectivity index (χ4n) is 1.96. The molecular weight excluding hydrogens is 200 g/mol. The first-order valence-electron chi connectivity index (χ1n) is 6.57. The predicted molar refractivity (Wildman–Crippen MR) is 67.2 cm³/mol. The van der Waals surface area contributed by atoms with Crippen molar-refractivity contribution in [3.8, 4) is 0 Å². The number of carbonyl (C=O) groups is 1. The molecule has 0 saturated carbocycles. The lowest BCUT2D eigenvalue weighted by molar-refractivity contribution is -0.122. The van der Waals surface area contributed by atoms with Crippen LogP contribution in [-0.2, 0) is 4.79 Å². The normalized spacial score (nSPS) is 23.1. The fourth-order valence-corrected chi connectivity index (χ4v) is 1.96. The van der Waals surface area contributed by atoms with Crippen LogP contribution in [0.3, 0.4) is 0 Å².